The molecule has 0 saturated carbocycles. The molecule has 1 unspecified atom stereocenters. The molecule has 0 aromatic heterocycles. The molecule has 0 spiro atoms. The Labute approximate surface area is 110 Å². The number of anilines is 1. The highest BCUT2D eigenvalue weighted by Crippen LogP contribution is 2.28. The van der Waals surface area contributed by atoms with Gasteiger partial charge in [0.1, 0.15) is 0 Å². The second-order valence-electron chi connectivity index (χ2n) is 4.16. The zero-order valence-corrected chi connectivity index (χ0v) is 10.7. The van der Waals surface area contributed by atoms with Gasteiger partial charge in [0.2, 0.25) is 0 Å². The largest absolute Gasteiger partial charge is 0.478 e. The number of carbonyl (C=O) groups is 1. The second kappa shape index (κ2) is 6.14. The number of hydrogen-bond acceptors (Lipinski definition) is 5. The SMILES string of the molecule is CCC(CO)Nc1cc(C(=O)O)cc([N+](=O)[O-])c1C. The van der Waals surface area contributed by atoms with Gasteiger partial charge in [-0.2, -0.15) is 0 Å². The summed E-state index contributed by atoms with van der Waals surface area (Å²) in [5.74, 6) is -1.23. The Balaban J connectivity index is 3.29. The Morgan fingerprint density at radius 2 is 2.16 bits per heavy atom. The molecular formula is C12H16N2O5. The Morgan fingerprint density at radius 1 is 1.53 bits per heavy atom. The number of aromatic carboxylic acids is 1. The van der Waals surface area contributed by atoms with E-state index in [4.69, 9.17) is 10.2 Å². The summed E-state index contributed by atoms with van der Waals surface area (Å²) in [7, 11) is 0. The minimum atomic E-state index is -1.23. The van der Waals surface area contributed by atoms with Crippen molar-refractivity contribution in [3.63, 3.8) is 0 Å². The summed E-state index contributed by atoms with van der Waals surface area (Å²) < 4.78 is 0. The number of rotatable bonds is 6. The minimum absolute atomic E-state index is 0.138. The number of benzene rings is 1. The van der Waals surface area contributed by atoms with Gasteiger partial charge in [-0.15, -0.1) is 0 Å². The first kappa shape index (κ1) is 14.9. The average molecular weight is 268 g/mol. The van der Waals surface area contributed by atoms with Gasteiger partial charge < -0.3 is 15.5 Å². The van der Waals surface area contributed by atoms with Gasteiger partial charge in [-0.05, 0) is 19.4 Å². The maximum absolute atomic E-state index is 11.0. The standard InChI is InChI=1S/C12H16N2O5/c1-3-9(6-15)13-10-4-8(12(16)17)5-11(7(10)2)14(18)19/h4-5,9,13,15H,3,6H2,1-2H3,(H,16,17). The topological polar surface area (TPSA) is 113 Å². The number of nitrogens with zero attached hydrogens (tertiary/aromatic N) is 1. The van der Waals surface area contributed by atoms with E-state index in [0.29, 0.717) is 17.7 Å². The van der Waals surface area contributed by atoms with Gasteiger partial charge in [0.15, 0.2) is 0 Å². The third-order valence-corrected chi connectivity index (χ3v) is 2.90. The highest BCUT2D eigenvalue weighted by molar-refractivity contribution is 5.90. The molecule has 19 heavy (non-hydrogen) atoms. The first-order chi connectivity index (χ1) is 8.90. The van der Waals surface area contributed by atoms with Crippen molar-refractivity contribution in [1.29, 1.82) is 0 Å². The summed E-state index contributed by atoms with van der Waals surface area (Å²) in [6.45, 7) is 3.25. The number of nitrogens with one attached hydrogen (secondary N) is 1. The molecule has 0 saturated heterocycles. The summed E-state index contributed by atoms with van der Waals surface area (Å²) in [5.41, 5.74) is 0.289. The molecule has 1 aromatic carbocycles. The van der Waals surface area contributed by atoms with Gasteiger partial charge in [0.25, 0.3) is 5.69 Å². The zero-order chi connectivity index (χ0) is 14.6. The van der Waals surface area contributed by atoms with Crippen molar-refractivity contribution in [2.24, 2.45) is 0 Å². The number of aliphatic hydroxyl groups is 1. The first-order valence-electron chi connectivity index (χ1n) is 5.80. The van der Waals surface area contributed by atoms with Gasteiger partial charge in [-0.25, -0.2) is 4.79 Å². The summed E-state index contributed by atoms with van der Waals surface area (Å²) in [4.78, 5) is 21.3. The van der Waals surface area contributed by atoms with Gasteiger partial charge in [-0.1, -0.05) is 6.92 Å². The lowest BCUT2D eigenvalue weighted by atomic mass is 10.1. The van der Waals surface area contributed by atoms with Crippen LogP contribution in [-0.2, 0) is 0 Å². The molecule has 104 valence electrons. The van der Waals surface area contributed by atoms with Gasteiger partial charge in [-0.3, -0.25) is 10.1 Å². The molecular weight excluding hydrogens is 252 g/mol. The lowest BCUT2D eigenvalue weighted by Gasteiger charge is -2.17. The molecule has 7 nitrogen and oxygen atoms in total. The van der Waals surface area contributed by atoms with Crippen LogP contribution >= 0.6 is 0 Å². The maximum atomic E-state index is 11.0. The minimum Gasteiger partial charge on any atom is -0.478 e. The molecule has 7 heteroatoms. The summed E-state index contributed by atoms with van der Waals surface area (Å²) in [6, 6.07) is 2.09. The Kier molecular flexibility index (Phi) is 4.82. The van der Waals surface area contributed by atoms with Crippen LogP contribution in [0.5, 0.6) is 0 Å². The predicted molar refractivity (Wildman–Crippen MR) is 69.6 cm³/mol. The van der Waals surface area contributed by atoms with E-state index >= 15 is 0 Å². The van der Waals surface area contributed by atoms with Crippen LogP contribution in [0, 0.1) is 17.0 Å². The van der Waals surface area contributed by atoms with Crippen LogP contribution in [-0.4, -0.2) is 33.8 Å². The van der Waals surface area contributed by atoms with Crippen molar-refractivity contribution in [3.8, 4) is 0 Å². The van der Waals surface area contributed by atoms with Crippen LogP contribution in [0.2, 0.25) is 0 Å². The van der Waals surface area contributed by atoms with Crippen LogP contribution < -0.4 is 5.32 Å². The zero-order valence-electron chi connectivity index (χ0n) is 10.7. The lowest BCUT2D eigenvalue weighted by Crippen LogP contribution is -2.23. The monoisotopic (exact) mass is 268 g/mol. The maximum Gasteiger partial charge on any atom is 0.336 e. The lowest BCUT2D eigenvalue weighted by molar-refractivity contribution is -0.385. The van der Waals surface area contributed by atoms with E-state index in [0.717, 1.165) is 6.07 Å². The highest BCUT2D eigenvalue weighted by Gasteiger charge is 2.20. The summed E-state index contributed by atoms with van der Waals surface area (Å²) in [6.07, 6.45) is 0.612. The fourth-order valence-electron chi connectivity index (χ4n) is 1.66. The van der Waals surface area contributed by atoms with E-state index in [9.17, 15) is 14.9 Å². The van der Waals surface area contributed by atoms with Gasteiger partial charge in [0, 0.05) is 23.4 Å². The van der Waals surface area contributed by atoms with Crippen LogP contribution in [0.3, 0.4) is 0 Å². The van der Waals surface area contributed by atoms with Crippen molar-refractivity contribution in [1.82, 2.24) is 0 Å². The third kappa shape index (κ3) is 3.41. The molecule has 1 atom stereocenters. The molecule has 0 fully saturated rings. The van der Waals surface area contributed by atoms with E-state index in [2.05, 4.69) is 5.32 Å². The van der Waals surface area contributed by atoms with Crippen molar-refractivity contribution in [3.05, 3.63) is 33.4 Å². The van der Waals surface area contributed by atoms with Crippen LogP contribution in [0.4, 0.5) is 11.4 Å². The number of nitro benzene ring substituents is 1. The molecule has 0 amide bonds. The fraction of sp³-hybridized carbons (Fsp3) is 0.417. The van der Waals surface area contributed by atoms with E-state index in [1.165, 1.54) is 13.0 Å². The molecule has 1 aromatic rings. The Bertz CT molecular complexity index is 497. The molecule has 1 rings (SSSR count). The van der Waals surface area contributed by atoms with Crippen LogP contribution in [0.25, 0.3) is 0 Å². The first-order valence-corrected chi connectivity index (χ1v) is 5.80. The highest BCUT2D eigenvalue weighted by atomic mass is 16.6. The van der Waals surface area contributed by atoms with E-state index < -0.39 is 10.9 Å². The van der Waals surface area contributed by atoms with Gasteiger partial charge >= 0.3 is 5.97 Å². The van der Waals surface area contributed by atoms with E-state index in [-0.39, 0.29) is 23.9 Å². The molecule has 3 N–H and O–H groups in total. The number of aliphatic hydroxyl groups excluding tert-OH is 1. The summed E-state index contributed by atoms with van der Waals surface area (Å²) >= 11 is 0. The molecule has 0 aliphatic carbocycles. The van der Waals surface area contributed by atoms with Crippen LogP contribution in [0.1, 0.15) is 29.3 Å². The van der Waals surface area contributed by atoms with Crippen molar-refractivity contribution >= 4 is 17.3 Å². The van der Waals surface area contributed by atoms with Crippen molar-refractivity contribution in [2.75, 3.05) is 11.9 Å². The van der Waals surface area contributed by atoms with E-state index in [1.54, 1.807) is 0 Å². The number of carboxylic acid groups (broad SMARTS) is 1. The van der Waals surface area contributed by atoms with Gasteiger partial charge in [0.05, 0.1) is 17.1 Å². The molecule has 0 bridgehead atoms. The molecule has 0 aliphatic heterocycles. The Morgan fingerprint density at radius 3 is 2.58 bits per heavy atom. The average Bonchev–Trinajstić information content (AvgIpc) is 2.36. The number of nitro groups is 1. The normalized spacial score (nSPS) is 11.9. The smallest absolute Gasteiger partial charge is 0.336 e. The molecule has 0 heterocycles. The predicted octanol–water partition coefficient (Wildman–Crippen LogP) is 1.78. The number of carboxylic acids is 1. The third-order valence-electron chi connectivity index (χ3n) is 2.90. The fourth-order valence-corrected chi connectivity index (χ4v) is 1.66. The molecule has 0 radical (unpaired) electrons. The Hall–Kier alpha value is -2.15. The molecule has 0 aliphatic rings. The van der Waals surface area contributed by atoms with Crippen LogP contribution in [0.15, 0.2) is 12.1 Å². The second-order valence-corrected chi connectivity index (χ2v) is 4.16. The van der Waals surface area contributed by atoms with Crippen molar-refractivity contribution < 1.29 is 19.9 Å². The van der Waals surface area contributed by atoms with Crippen molar-refractivity contribution in [2.45, 2.75) is 26.3 Å². The summed E-state index contributed by atoms with van der Waals surface area (Å²) in [5, 5.41) is 31.9. The van der Waals surface area contributed by atoms with E-state index in [1.807, 2.05) is 6.92 Å². The quantitative estimate of drug-likeness (QED) is 0.535. The number of hydrogen-bond donors (Lipinski definition) is 3.